The van der Waals surface area contributed by atoms with E-state index in [1.807, 2.05) is 31.2 Å². The summed E-state index contributed by atoms with van der Waals surface area (Å²) in [5, 5.41) is 2.58. The number of ether oxygens (including phenoxy) is 2. The van der Waals surface area contributed by atoms with Crippen molar-refractivity contribution < 1.29 is 23.9 Å². The van der Waals surface area contributed by atoms with Crippen molar-refractivity contribution in [3.8, 4) is 11.5 Å². The van der Waals surface area contributed by atoms with Crippen LogP contribution in [0.5, 0.6) is 11.5 Å². The molecule has 0 spiro atoms. The van der Waals surface area contributed by atoms with Crippen LogP contribution in [0.1, 0.15) is 23.6 Å². The van der Waals surface area contributed by atoms with Crippen molar-refractivity contribution in [1.29, 1.82) is 0 Å². The lowest BCUT2D eigenvalue weighted by atomic mass is 10.1. The van der Waals surface area contributed by atoms with Crippen molar-refractivity contribution in [3.05, 3.63) is 90.8 Å². The Morgan fingerprint density at radius 2 is 1.73 bits per heavy atom. The fourth-order valence-electron chi connectivity index (χ4n) is 3.68. The van der Waals surface area contributed by atoms with Crippen LogP contribution in [0.15, 0.2) is 69.1 Å². The minimum absolute atomic E-state index is 0.211. The Labute approximate surface area is 235 Å². The van der Waals surface area contributed by atoms with Crippen LogP contribution in [0.2, 0.25) is 5.02 Å². The first-order chi connectivity index (χ1) is 17.7. The summed E-state index contributed by atoms with van der Waals surface area (Å²) in [6.07, 6.45) is 1.41. The number of rotatable bonds is 7. The number of aryl methyl sites for hydroxylation is 1. The maximum atomic E-state index is 13.3. The molecule has 0 atom stereocenters. The first-order valence-corrected chi connectivity index (χ1v) is 13.2. The number of nitrogens with one attached hydrogen (secondary N) is 1. The molecule has 10 heteroatoms. The van der Waals surface area contributed by atoms with Crippen LogP contribution in [-0.4, -0.2) is 24.5 Å². The van der Waals surface area contributed by atoms with Gasteiger partial charge in [-0.05, 0) is 88.9 Å². The number of urea groups is 1. The van der Waals surface area contributed by atoms with Crippen LogP contribution in [0.25, 0.3) is 6.08 Å². The fraction of sp³-hybridized carbons (Fsp3) is 0.148. The molecule has 1 heterocycles. The quantitative estimate of drug-likeness (QED) is 0.225. The normalized spacial score (nSPS) is 14.7. The maximum Gasteiger partial charge on any atom is 0.335 e. The summed E-state index contributed by atoms with van der Waals surface area (Å²) < 4.78 is 13.4. The van der Waals surface area contributed by atoms with Gasteiger partial charge in [0.1, 0.15) is 12.2 Å². The van der Waals surface area contributed by atoms with Crippen molar-refractivity contribution >= 4 is 73.1 Å². The van der Waals surface area contributed by atoms with Crippen LogP contribution in [0.3, 0.4) is 0 Å². The van der Waals surface area contributed by atoms with E-state index in [4.69, 9.17) is 21.1 Å². The standard InChI is InChI=1S/C27H21Br2ClN2O5/c1-3-36-23-12-17(11-21(29)24(23)37-14-16-5-7-18(28)8-6-16)10-20-25(33)31-27(35)32(26(20)34)22-13-19(30)9-4-15(22)2/h4-13H,3,14H2,1-2H3,(H,31,33,35)/b20-10+. The number of carbonyl (C=O) groups is 3. The molecule has 0 aromatic heterocycles. The molecule has 7 nitrogen and oxygen atoms in total. The average molecular weight is 649 g/mol. The predicted octanol–water partition coefficient (Wildman–Crippen LogP) is 6.82. The highest BCUT2D eigenvalue weighted by Crippen LogP contribution is 2.38. The zero-order valence-corrected chi connectivity index (χ0v) is 23.7. The van der Waals surface area contributed by atoms with E-state index in [9.17, 15) is 14.4 Å². The number of benzene rings is 3. The number of anilines is 1. The predicted molar refractivity (Wildman–Crippen MR) is 149 cm³/mol. The summed E-state index contributed by atoms with van der Waals surface area (Å²) in [6.45, 7) is 4.26. The molecular formula is C27H21Br2ClN2O5. The van der Waals surface area contributed by atoms with Crippen molar-refractivity contribution in [2.45, 2.75) is 20.5 Å². The highest BCUT2D eigenvalue weighted by atomic mass is 79.9. The molecule has 0 bridgehead atoms. The molecule has 4 amide bonds. The third-order valence-corrected chi connectivity index (χ3v) is 6.81. The van der Waals surface area contributed by atoms with Gasteiger partial charge in [0.05, 0.1) is 16.8 Å². The number of barbiturate groups is 1. The van der Waals surface area contributed by atoms with Gasteiger partial charge in [-0.15, -0.1) is 0 Å². The molecule has 0 radical (unpaired) electrons. The van der Waals surface area contributed by atoms with Crippen molar-refractivity contribution in [1.82, 2.24) is 5.32 Å². The third-order valence-electron chi connectivity index (χ3n) is 5.45. The van der Waals surface area contributed by atoms with Crippen molar-refractivity contribution in [3.63, 3.8) is 0 Å². The number of amides is 4. The number of halogens is 3. The van der Waals surface area contributed by atoms with Crippen LogP contribution >= 0.6 is 43.5 Å². The van der Waals surface area contributed by atoms with Gasteiger partial charge in [-0.2, -0.15) is 0 Å². The number of hydrogen-bond donors (Lipinski definition) is 1. The van der Waals surface area contributed by atoms with Crippen LogP contribution < -0.4 is 19.7 Å². The molecular weight excluding hydrogens is 628 g/mol. The van der Waals surface area contributed by atoms with Gasteiger partial charge in [0.15, 0.2) is 11.5 Å². The Kier molecular flexibility index (Phi) is 8.36. The van der Waals surface area contributed by atoms with Gasteiger partial charge in [-0.3, -0.25) is 14.9 Å². The molecule has 1 fully saturated rings. The Morgan fingerprint density at radius 3 is 2.43 bits per heavy atom. The molecule has 0 aliphatic carbocycles. The first-order valence-electron chi connectivity index (χ1n) is 11.2. The maximum absolute atomic E-state index is 13.3. The molecule has 3 aromatic rings. The molecule has 1 aliphatic rings. The summed E-state index contributed by atoms with van der Waals surface area (Å²) in [7, 11) is 0. The van der Waals surface area contributed by atoms with Gasteiger partial charge in [0.25, 0.3) is 11.8 Å². The second-order valence-corrected chi connectivity index (χ2v) is 10.3. The van der Waals surface area contributed by atoms with E-state index in [1.165, 1.54) is 12.1 Å². The lowest BCUT2D eigenvalue weighted by molar-refractivity contribution is -0.122. The summed E-state index contributed by atoms with van der Waals surface area (Å²) in [6, 6.07) is 15.1. The fourth-order valence-corrected chi connectivity index (χ4v) is 4.68. The number of nitrogens with zero attached hydrogens (tertiary/aromatic N) is 1. The number of carbonyl (C=O) groups excluding carboxylic acids is 3. The average Bonchev–Trinajstić information content (AvgIpc) is 2.84. The summed E-state index contributed by atoms with van der Waals surface area (Å²) in [5.41, 5.74) is 2.20. The molecule has 190 valence electrons. The highest BCUT2D eigenvalue weighted by molar-refractivity contribution is 9.10. The minimum Gasteiger partial charge on any atom is -0.490 e. The molecule has 0 unspecified atom stereocenters. The van der Waals surface area contributed by atoms with Crippen LogP contribution in [0.4, 0.5) is 10.5 Å². The Hall–Kier alpha value is -3.14. The van der Waals surface area contributed by atoms with Crippen molar-refractivity contribution in [2.24, 2.45) is 0 Å². The largest absolute Gasteiger partial charge is 0.490 e. The van der Waals surface area contributed by atoms with Gasteiger partial charge < -0.3 is 9.47 Å². The summed E-state index contributed by atoms with van der Waals surface area (Å²) >= 11 is 13.0. The number of hydrogen-bond acceptors (Lipinski definition) is 5. The van der Waals surface area contributed by atoms with E-state index in [-0.39, 0.29) is 5.57 Å². The van der Waals surface area contributed by atoms with E-state index in [1.54, 1.807) is 31.2 Å². The van der Waals surface area contributed by atoms with E-state index < -0.39 is 17.8 Å². The van der Waals surface area contributed by atoms with Crippen LogP contribution in [0, 0.1) is 6.92 Å². The minimum atomic E-state index is -0.842. The van der Waals surface area contributed by atoms with Crippen molar-refractivity contribution in [2.75, 3.05) is 11.5 Å². The SMILES string of the molecule is CCOc1cc(/C=C2\C(=O)NC(=O)N(c3cc(Cl)ccc3C)C2=O)cc(Br)c1OCc1ccc(Br)cc1. The van der Waals surface area contributed by atoms with E-state index >= 15 is 0 Å². The number of imide groups is 2. The molecule has 1 saturated heterocycles. The van der Waals surface area contributed by atoms with E-state index in [0.29, 0.717) is 51.0 Å². The molecule has 3 aromatic carbocycles. The van der Waals surface area contributed by atoms with Gasteiger partial charge in [-0.25, -0.2) is 9.69 Å². The zero-order chi connectivity index (χ0) is 26.7. The monoisotopic (exact) mass is 646 g/mol. The van der Waals surface area contributed by atoms with E-state index in [2.05, 4.69) is 37.2 Å². The second-order valence-electron chi connectivity index (χ2n) is 8.07. The smallest absolute Gasteiger partial charge is 0.335 e. The first kappa shape index (κ1) is 26.9. The van der Waals surface area contributed by atoms with Crippen LogP contribution in [-0.2, 0) is 16.2 Å². The highest BCUT2D eigenvalue weighted by Gasteiger charge is 2.37. The van der Waals surface area contributed by atoms with Gasteiger partial charge >= 0.3 is 6.03 Å². The Balaban J connectivity index is 1.67. The molecule has 0 saturated carbocycles. The summed E-state index contributed by atoms with van der Waals surface area (Å²) in [4.78, 5) is 39.5. The van der Waals surface area contributed by atoms with E-state index in [0.717, 1.165) is 14.9 Å². The third kappa shape index (κ3) is 6.06. The molecule has 1 aliphatic heterocycles. The van der Waals surface area contributed by atoms with Gasteiger partial charge in [0.2, 0.25) is 0 Å². The molecule has 37 heavy (non-hydrogen) atoms. The second kappa shape index (κ2) is 11.5. The summed E-state index contributed by atoms with van der Waals surface area (Å²) in [5.74, 6) is -0.639. The Bertz CT molecular complexity index is 1420. The Morgan fingerprint density at radius 1 is 1.00 bits per heavy atom. The molecule has 1 N–H and O–H groups in total. The topological polar surface area (TPSA) is 84.9 Å². The lowest BCUT2D eigenvalue weighted by Crippen LogP contribution is -2.54. The zero-order valence-electron chi connectivity index (χ0n) is 19.8. The molecule has 4 rings (SSSR count). The van der Waals surface area contributed by atoms with Gasteiger partial charge in [0, 0.05) is 9.50 Å². The van der Waals surface area contributed by atoms with Gasteiger partial charge in [-0.1, -0.05) is 45.7 Å². The lowest BCUT2D eigenvalue weighted by Gasteiger charge is -2.27.